The smallest absolute Gasteiger partial charge is 0.274 e. The van der Waals surface area contributed by atoms with Crippen LogP contribution < -0.4 is 10.2 Å². The summed E-state index contributed by atoms with van der Waals surface area (Å²) < 4.78 is 10.0. The van der Waals surface area contributed by atoms with Crippen LogP contribution in [0.4, 0.5) is 0 Å². The molecule has 0 spiro atoms. The van der Waals surface area contributed by atoms with E-state index in [0.29, 0.717) is 22.6 Å². The lowest BCUT2D eigenvalue weighted by Crippen LogP contribution is -2.17. The van der Waals surface area contributed by atoms with Crippen molar-refractivity contribution in [2.24, 2.45) is 5.10 Å². The number of amides is 1. The molecule has 2 N–H and O–H groups in total. The number of para-hydroxylation sites is 1. The number of hydrogen-bond donors (Lipinski definition) is 2. The Morgan fingerprint density at radius 1 is 1.45 bits per heavy atom. The van der Waals surface area contributed by atoms with E-state index in [2.05, 4.69) is 10.5 Å². The third kappa shape index (κ3) is 2.80. The highest BCUT2D eigenvalue weighted by molar-refractivity contribution is 5.95. The van der Waals surface area contributed by atoms with Crippen molar-refractivity contribution >= 4 is 12.1 Å². The first-order chi connectivity index (χ1) is 9.63. The number of aromatic hydroxyl groups is 1. The maximum atomic E-state index is 11.8. The van der Waals surface area contributed by atoms with Gasteiger partial charge in [-0.2, -0.15) is 5.10 Å². The molecular weight excluding hydrogens is 260 g/mol. The molecule has 6 heteroatoms. The number of aryl methyl sites for hydroxylation is 1. The number of furan rings is 1. The summed E-state index contributed by atoms with van der Waals surface area (Å²) in [5.41, 5.74) is 3.21. The normalized spacial score (nSPS) is 10.7. The lowest BCUT2D eigenvalue weighted by molar-refractivity contribution is 0.0953. The maximum Gasteiger partial charge on any atom is 0.274 e. The molecule has 0 bridgehead atoms. The van der Waals surface area contributed by atoms with Crippen molar-refractivity contribution in [1.29, 1.82) is 0 Å². The van der Waals surface area contributed by atoms with Crippen LogP contribution in [-0.2, 0) is 0 Å². The fourth-order valence-corrected chi connectivity index (χ4v) is 1.65. The monoisotopic (exact) mass is 274 g/mol. The molecule has 0 fully saturated rings. The lowest BCUT2D eigenvalue weighted by atomic mass is 10.2. The summed E-state index contributed by atoms with van der Waals surface area (Å²) in [6.45, 7) is 1.69. The number of phenolic OH excluding ortho intramolecular Hbond substituents is 1. The van der Waals surface area contributed by atoms with E-state index in [1.54, 1.807) is 31.2 Å². The predicted octanol–water partition coefficient (Wildman–Crippen LogP) is 2.07. The molecule has 0 aliphatic heterocycles. The van der Waals surface area contributed by atoms with Gasteiger partial charge in [0.15, 0.2) is 11.5 Å². The number of nitrogens with zero attached hydrogens (tertiary/aromatic N) is 1. The van der Waals surface area contributed by atoms with E-state index in [0.717, 1.165) is 0 Å². The Morgan fingerprint density at radius 3 is 2.90 bits per heavy atom. The summed E-state index contributed by atoms with van der Waals surface area (Å²) >= 11 is 0. The number of phenols is 1. The summed E-state index contributed by atoms with van der Waals surface area (Å²) in [4.78, 5) is 11.8. The van der Waals surface area contributed by atoms with Crippen LogP contribution in [-0.4, -0.2) is 24.3 Å². The second kappa shape index (κ2) is 5.92. The third-order valence-corrected chi connectivity index (χ3v) is 2.72. The van der Waals surface area contributed by atoms with Crippen LogP contribution in [0.1, 0.15) is 21.7 Å². The molecule has 0 saturated carbocycles. The van der Waals surface area contributed by atoms with E-state index in [9.17, 15) is 9.90 Å². The summed E-state index contributed by atoms with van der Waals surface area (Å²) in [5, 5.41) is 13.6. The largest absolute Gasteiger partial charge is 0.504 e. The minimum Gasteiger partial charge on any atom is -0.504 e. The maximum absolute atomic E-state index is 11.8. The van der Waals surface area contributed by atoms with Crippen molar-refractivity contribution in [3.05, 3.63) is 47.4 Å². The molecular formula is C14H14N2O4. The minimum absolute atomic E-state index is 0.0347. The van der Waals surface area contributed by atoms with Gasteiger partial charge in [-0.1, -0.05) is 6.07 Å². The van der Waals surface area contributed by atoms with E-state index < -0.39 is 0 Å². The second-order valence-electron chi connectivity index (χ2n) is 3.99. The highest BCUT2D eigenvalue weighted by Gasteiger charge is 2.10. The Hall–Kier alpha value is -2.76. The number of carbonyl (C=O) groups is 1. The van der Waals surface area contributed by atoms with Gasteiger partial charge in [0.2, 0.25) is 0 Å². The molecule has 0 aliphatic carbocycles. The molecule has 2 rings (SSSR count). The van der Waals surface area contributed by atoms with E-state index in [-0.39, 0.29) is 11.7 Å². The van der Waals surface area contributed by atoms with Gasteiger partial charge in [0.05, 0.1) is 25.2 Å². The summed E-state index contributed by atoms with van der Waals surface area (Å²) in [6, 6.07) is 6.54. The van der Waals surface area contributed by atoms with Gasteiger partial charge in [0.1, 0.15) is 5.76 Å². The third-order valence-electron chi connectivity index (χ3n) is 2.72. The summed E-state index contributed by atoms with van der Waals surface area (Å²) in [7, 11) is 1.46. The fraction of sp³-hybridized carbons (Fsp3) is 0.143. The predicted molar refractivity (Wildman–Crippen MR) is 73.2 cm³/mol. The molecule has 1 aromatic heterocycles. The van der Waals surface area contributed by atoms with Crippen molar-refractivity contribution in [2.45, 2.75) is 6.92 Å². The van der Waals surface area contributed by atoms with Crippen molar-refractivity contribution in [2.75, 3.05) is 7.11 Å². The molecule has 104 valence electrons. The van der Waals surface area contributed by atoms with E-state index in [1.165, 1.54) is 19.6 Å². The van der Waals surface area contributed by atoms with Crippen LogP contribution in [0.15, 0.2) is 40.0 Å². The first-order valence-electron chi connectivity index (χ1n) is 5.87. The standard InChI is InChI=1S/C14H14N2O4/c1-9-11(6-7-20-9)14(18)16-15-8-10-4-3-5-12(19-2)13(10)17/h3-8,17H,1-2H3,(H,16,18)/b15-8-. The van der Waals surface area contributed by atoms with Crippen LogP contribution in [0, 0.1) is 6.92 Å². The van der Waals surface area contributed by atoms with Gasteiger partial charge in [-0.05, 0) is 25.1 Å². The molecule has 20 heavy (non-hydrogen) atoms. The number of methoxy groups -OCH3 is 1. The fourth-order valence-electron chi connectivity index (χ4n) is 1.65. The Labute approximate surface area is 115 Å². The first kappa shape index (κ1) is 13.7. The van der Waals surface area contributed by atoms with Gasteiger partial charge in [-0.3, -0.25) is 4.79 Å². The van der Waals surface area contributed by atoms with Crippen molar-refractivity contribution < 1.29 is 19.1 Å². The van der Waals surface area contributed by atoms with Crippen LogP contribution in [0.2, 0.25) is 0 Å². The van der Waals surface area contributed by atoms with Crippen LogP contribution in [0.25, 0.3) is 0 Å². The number of ether oxygens (including phenoxy) is 1. The quantitative estimate of drug-likeness (QED) is 0.660. The Kier molecular flexibility index (Phi) is 4.05. The second-order valence-corrected chi connectivity index (χ2v) is 3.99. The van der Waals surface area contributed by atoms with Gasteiger partial charge in [-0.25, -0.2) is 5.43 Å². The highest BCUT2D eigenvalue weighted by atomic mass is 16.5. The molecule has 1 aromatic carbocycles. The first-order valence-corrected chi connectivity index (χ1v) is 5.87. The number of nitrogens with one attached hydrogen (secondary N) is 1. The molecule has 1 amide bonds. The zero-order chi connectivity index (χ0) is 14.5. The number of rotatable bonds is 4. The molecule has 0 atom stereocenters. The topological polar surface area (TPSA) is 84.1 Å². The average molecular weight is 274 g/mol. The van der Waals surface area contributed by atoms with Gasteiger partial charge >= 0.3 is 0 Å². The number of carbonyl (C=O) groups excluding carboxylic acids is 1. The molecule has 2 aromatic rings. The zero-order valence-electron chi connectivity index (χ0n) is 11.1. The molecule has 0 radical (unpaired) electrons. The number of hydrazone groups is 1. The van der Waals surface area contributed by atoms with E-state index in [1.807, 2.05) is 0 Å². The van der Waals surface area contributed by atoms with Gasteiger partial charge < -0.3 is 14.3 Å². The Morgan fingerprint density at radius 2 is 2.25 bits per heavy atom. The van der Waals surface area contributed by atoms with Crippen LogP contribution >= 0.6 is 0 Å². The summed E-state index contributed by atoms with van der Waals surface area (Å²) in [6.07, 6.45) is 2.77. The van der Waals surface area contributed by atoms with E-state index >= 15 is 0 Å². The molecule has 0 unspecified atom stereocenters. The Bertz CT molecular complexity index is 646. The lowest BCUT2D eigenvalue weighted by Gasteiger charge is -2.04. The van der Waals surface area contributed by atoms with Crippen molar-refractivity contribution in [3.8, 4) is 11.5 Å². The van der Waals surface area contributed by atoms with Crippen molar-refractivity contribution in [3.63, 3.8) is 0 Å². The van der Waals surface area contributed by atoms with Crippen LogP contribution in [0.5, 0.6) is 11.5 Å². The van der Waals surface area contributed by atoms with Crippen molar-refractivity contribution in [1.82, 2.24) is 5.43 Å². The van der Waals surface area contributed by atoms with E-state index in [4.69, 9.17) is 9.15 Å². The van der Waals surface area contributed by atoms with Gasteiger partial charge in [0, 0.05) is 5.56 Å². The van der Waals surface area contributed by atoms with Gasteiger partial charge in [0.25, 0.3) is 5.91 Å². The number of benzene rings is 1. The van der Waals surface area contributed by atoms with Crippen LogP contribution in [0.3, 0.4) is 0 Å². The SMILES string of the molecule is COc1cccc(/C=N\NC(=O)c2ccoc2C)c1O. The molecule has 0 saturated heterocycles. The molecule has 6 nitrogen and oxygen atoms in total. The molecule has 1 heterocycles. The average Bonchev–Trinajstić information content (AvgIpc) is 2.87. The highest BCUT2D eigenvalue weighted by Crippen LogP contribution is 2.27. The number of hydrogen-bond acceptors (Lipinski definition) is 5. The molecule has 0 aliphatic rings. The summed E-state index contributed by atoms with van der Waals surface area (Å²) in [5.74, 6) is 0.440. The zero-order valence-corrected chi connectivity index (χ0v) is 11.1. The van der Waals surface area contributed by atoms with Gasteiger partial charge in [-0.15, -0.1) is 0 Å². The minimum atomic E-state index is -0.380. The Balaban J connectivity index is 2.08.